The molecule has 1 heterocycles. The molecule has 4 nitrogen and oxygen atoms in total. The van der Waals surface area contributed by atoms with Crippen LogP contribution in [-0.4, -0.2) is 26.7 Å². The van der Waals surface area contributed by atoms with Crippen molar-refractivity contribution in [1.29, 1.82) is 0 Å². The third-order valence-electron chi connectivity index (χ3n) is 4.49. The minimum absolute atomic E-state index is 0.0525. The van der Waals surface area contributed by atoms with Crippen molar-refractivity contribution in [2.75, 3.05) is 6.61 Å². The molecule has 1 aliphatic heterocycles. The standard InChI is InChI=1S/C16H25NO3S/c1-4-16(5-2)12-14(10-11-20-16)17-21(18,19)15-9-7-6-8-13(15)3/h6-9,14,17H,4-5,10-12H2,1-3H3. The van der Waals surface area contributed by atoms with Crippen LogP contribution in [0.5, 0.6) is 0 Å². The molecule has 1 aliphatic rings. The van der Waals surface area contributed by atoms with Gasteiger partial charge in [0.05, 0.1) is 10.5 Å². The lowest BCUT2D eigenvalue weighted by atomic mass is 9.86. The van der Waals surface area contributed by atoms with Crippen molar-refractivity contribution >= 4 is 10.0 Å². The summed E-state index contributed by atoms with van der Waals surface area (Å²) in [5, 5.41) is 0. The highest BCUT2D eigenvalue weighted by Crippen LogP contribution is 2.32. The van der Waals surface area contributed by atoms with Gasteiger partial charge in [-0.15, -0.1) is 0 Å². The highest BCUT2D eigenvalue weighted by atomic mass is 32.2. The van der Waals surface area contributed by atoms with Gasteiger partial charge in [-0.2, -0.15) is 0 Å². The maximum Gasteiger partial charge on any atom is 0.241 e. The summed E-state index contributed by atoms with van der Waals surface area (Å²) in [6, 6.07) is 7.03. The van der Waals surface area contributed by atoms with E-state index in [2.05, 4.69) is 18.6 Å². The Morgan fingerprint density at radius 2 is 1.95 bits per heavy atom. The van der Waals surface area contributed by atoms with Crippen molar-refractivity contribution in [2.24, 2.45) is 0 Å². The number of aryl methyl sites for hydroxylation is 1. The average Bonchev–Trinajstić information content (AvgIpc) is 2.47. The highest BCUT2D eigenvalue weighted by molar-refractivity contribution is 7.89. The molecular weight excluding hydrogens is 286 g/mol. The maximum absolute atomic E-state index is 12.6. The van der Waals surface area contributed by atoms with E-state index >= 15 is 0 Å². The number of ether oxygens (including phenoxy) is 1. The summed E-state index contributed by atoms with van der Waals surface area (Å²) >= 11 is 0. The van der Waals surface area contributed by atoms with Crippen molar-refractivity contribution in [2.45, 2.75) is 63.0 Å². The van der Waals surface area contributed by atoms with Crippen LogP contribution >= 0.6 is 0 Å². The van der Waals surface area contributed by atoms with Crippen LogP contribution in [0.25, 0.3) is 0 Å². The fraction of sp³-hybridized carbons (Fsp3) is 0.625. The summed E-state index contributed by atoms with van der Waals surface area (Å²) in [5.41, 5.74) is 0.589. The van der Waals surface area contributed by atoms with Gasteiger partial charge in [-0.1, -0.05) is 32.0 Å². The lowest BCUT2D eigenvalue weighted by Gasteiger charge is -2.40. The molecule has 0 amide bonds. The van der Waals surface area contributed by atoms with E-state index < -0.39 is 10.0 Å². The molecule has 1 aromatic rings. The Hall–Kier alpha value is -0.910. The SMILES string of the molecule is CCC1(CC)CC(NS(=O)(=O)c2ccccc2C)CCO1. The van der Waals surface area contributed by atoms with Gasteiger partial charge in [0.1, 0.15) is 0 Å². The van der Waals surface area contributed by atoms with E-state index in [0.29, 0.717) is 11.5 Å². The molecule has 0 aromatic heterocycles. The van der Waals surface area contributed by atoms with Gasteiger partial charge in [0, 0.05) is 12.6 Å². The van der Waals surface area contributed by atoms with Gasteiger partial charge in [0.2, 0.25) is 10.0 Å². The Kier molecular flexibility index (Phi) is 5.07. The molecule has 0 radical (unpaired) electrons. The molecule has 21 heavy (non-hydrogen) atoms. The predicted octanol–water partition coefficient (Wildman–Crippen LogP) is 3.01. The van der Waals surface area contributed by atoms with Crippen molar-refractivity contribution in [1.82, 2.24) is 4.72 Å². The third-order valence-corrected chi connectivity index (χ3v) is 6.17. The van der Waals surface area contributed by atoms with E-state index in [0.717, 1.165) is 31.2 Å². The topological polar surface area (TPSA) is 55.4 Å². The zero-order chi connectivity index (χ0) is 15.5. The monoisotopic (exact) mass is 311 g/mol. The molecule has 1 unspecified atom stereocenters. The van der Waals surface area contributed by atoms with E-state index in [9.17, 15) is 8.42 Å². The maximum atomic E-state index is 12.6. The van der Waals surface area contributed by atoms with Crippen molar-refractivity contribution < 1.29 is 13.2 Å². The molecule has 1 N–H and O–H groups in total. The fourth-order valence-electron chi connectivity index (χ4n) is 3.01. The summed E-state index contributed by atoms with van der Waals surface area (Å²) in [4.78, 5) is 0.370. The van der Waals surface area contributed by atoms with Crippen molar-refractivity contribution in [3.63, 3.8) is 0 Å². The average molecular weight is 311 g/mol. The second kappa shape index (κ2) is 6.46. The summed E-state index contributed by atoms with van der Waals surface area (Å²) in [6.45, 7) is 6.63. The fourth-order valence-corrected chi connectivity index (χ4v) is 4.53. The normalized spacial score (nSPS) is 22.1. The van der Waals surface area contributed by atoms with E-state index in [-0.39, 0.29) is 11.6 Å². The first-order chi connectivity index (χ1) is 9.92. The van der Waals surface area contributed by atoms with E-state index in [1.807, 2.05) is 19.1 Å². The van der Waals surface area contributed by atoms with Crippen LogP contribution < -0.4 is 4.72 Å². The minimum Gasteiger partial charge on any atom is -0.375 e. The number of hydrogen-bond donors (Lipinski definition) is 1. The van der Waals surface area contributed by atoms with Gasteiger partial charge >= 0.3 is 0 Å². The molecule has 1 aromatic carbocycles. The van der Waals surface area contributed by atoms with Gasteiger partial charge in [-0.3, -0.25) is 0 Å². The van der Waals surface area contributed by atoms with E-state index in [1.54, 1.807) is 12.1 Å². The molecule has 0 bridgehead atoms. The zero-order valence-corrected chi connectivity index (χ0v) is 13.9. The van der Waals surface area contributed by atoms with Gasteiger partial charge in [0.15, 0.2) is 0 Å². The van der Waals surface area contributed by atoms with Crippen LogP contribution in [0.3, 0.4) is 0 Å². The van der Waals surface area contributed by atoms with Crippen LogP contribution in [0.4, 0.5) is 0 Å². The Morgan fingerprint density at radius 1 is 1.29 bits per heavy atom. The number of nitrogens with one attached hydrogen (secondary N) is 1. The first kappa shape index (κ1) is 16.5. The molecule has 1 fully saturated rings. The Balaban J connectivity index is 2.16. The Labute approximate surface area is 127 Å². The zero-order valence-electron chi connectivity index (χ0n) is 13.1. The van der Waals surface area contributed by atoms with Gasteiger partial charge in [0.25, 0.3) is 0 Å². The number of hydrogen-bond acceptors (Lipinski definition) is 3. The van der Waals surface area contributed by atoms with Crippen LogP contribution in [-0.2, 0) is 14.8 Å². The molecule has 0 aliphatic carbocycles. The highest BCUT2D eigenvalue weighted by Gasteiger charge is 2.36. The van der Waals surface area contributed by atoms with Gasteiger partial charge in [-0.25, -0.2) is 13.1 Å². The van der Waals surface area contributed by atoms with E-state index in [4.69, 9.17) is 4.74 Å². The summed E-state index contributed by atoms with van der Waals surface area (Å²) in [6.07, 6.45) is 3.29. The lowest BCUT2D eigenvalue weighted by molar-refractivity contribution is -0.0905. The number of rotatable bonds is 5. The molecule has 1 atom stereocenters. The predicted molar refractivity (Wildman–Crippen MR) is 83.8 cm³/mol. The molecule has 5 heteroatoms. The summed E-state index contributed by atoms with van der Waals surface area (Å²) in [5.74, 6) is 0. The first-order valence-corrected chi connectivity index (χ1v) is 9.12. The lowest BCUT2D eigenvalue weighted by Crippen LogP contribution is -2.48. The smallest absolute Gasteiger partial charge is 0.241 e. The van der Waals surface area contributed by atoms with E-state index in [1.165, 1.54) is 0 Å². The van der Waals surface area contributed by atoms with Gasteiger partial charge in [-0.05, 0) is 44.2 Å². The third kappa shape index (κ3) is 3.65. The van der Waals surface area contributed by atoms with Crippen LogP contribution in [0.1, 0.15) is 45.1 Å². The number of sulfonamides is 1. The van der Waals surface area contributed by atoms with Crippen molar-refractivity contribution in [3.05, 3.63) is 29.8 Å². The summed E-state index contributed by atoms with van der Waals surface area (Å²) < 4.78 is 33.9. The second-order valence-corrected chi connectivity index (χ2v) is 7.50. The molecule has 118 valence electrons. The first-order valence-electron chi connectivity index (χ1n) is 7.64. The quantitative estimate of drug-likeness (QED) is 0.909. The second-order valence-electron chi connectivity index (χ2n) is 5.82. The van der Waals surface area contributed by atoms with Gasteiger partial charge < -0.3 is 4.74 Å². The van der Waals surface area contributed by atoms with Crippen LogP contribution in [0.2, 0.25) is 0 Å². The van der Waals surface area contributed by atoms with Crippen LogP contribution in [0.15, 0.2) is 29.2 Å². The molecular formula is C16H25NO3S. The Morgan fingerprint density at radius 3 is 2.57 bits per heavy atom. The summed E-state index contributed by atoms with van der Waals surface area (Å²) in [7, 11) is -3.46. The minimum atomic E-state index is -3.46. The number of benzene rings is 1. The molecule has 0 spiro atoms. The molecule has 0 saturated carbocycles. The van der Waals surface area contributed by atoms with Crippen LogP contribution in [0, 0.1) is 6.92 Å². The largest absolute Gasteiger partial charge is 0.375 e. The molecule has 1 saturated heterocycles. The molecule has 2 rings (SSSR count). The Bertz CT molecular complexity index is 579. The van der Waals surface area contributed by atoms with Crippen molar-refractivity contribution in [3.8, 4) is 0 Å².